The number of hydrogen-bond acceptors (Lipinski definition) is 7. The van der Waals surface area contributed by atoms with Crippen molar-refractivity contribution in [1.29, 1.82) is 0 Å². The van der Waals surface area contributed by atoms with E-state index < -0.39 is 0 Å². The van der Waals surface area contributed by atoms with Gasteiger partial charge in [0.1, 0.15) is 5.51 Å². The average Bonchev–Trinajstić information content (AvgIpc) is 2.39. The third-order valence-electron chi connectivity index (χ3n) is 0.683. The van der Waals surface area contributed by atoms with Crippen molar-refractivity contribution < 1.29 is 4.79 Å². The monoisotopic (exact) mass is 225 g/mol. The second kappa shape index (κ2) is 4.19. The molecular formula is C3H3N3OS4. The van der Waals surface area contributed by atoms with Crippen molar-refractivity contribution in [2.24, 2.45) is 0 Å². The summed E-state index contributed by atoms with van der Waals surface area (Å²) in [5.41, 5.74) is 1.55. The molecule has 1 rings (SSSR count). The van der Waals surface area contributed by atoms with Crippen LogP contribution in [-0.4, -0.2) is 18.3 Å². The van der Waals surface area contributed by atoms with E-state index >= 15 is 0 Å². The van der Waals surface area contributed by atoms with Crippen molar-refractivity contribution in [2.45, 2.75) is 5.16 Å². The van der Waals surface area contributed by atoms with Crippen LogP contribution < -0.4 is 0 Å². The molecule has 0 unspecified atom stereocenters. The molecule has 1 aromatic rings. The van der Waals surface area contributed by atoms with Crippen molar-refractivity contribution in [2.75, 3.05) is 0 Å². The van der Waals surface area contributed by atoms with E-state index in [1.54, 1.807) is 5.51 Å². The van der Waals surface area contributed by atoms with Gasteiger partial charge in [-0.25, -0.2) is 8.69 Å². The Morgan fingerprint density at radius 2 is 2.45 bits per heavy atom. The van der Waals surface area contributed by atoms with Gasteiger partial charge >= 0.3 is 5.24 Å². The standard InChI is InChI=1S/C3H3N3OS4/c7-3(6(8)9)11-2-4-1-10-5-2/h1,8-9H. The molecular weight excluding hydrogens is 222 g/mol. The lowest BCUT2D eigenvalue weighted by atomic mass is 11.3. The normalized spacial score (nSPS) is 9.64. The number of aromatic nitrogens is 2. The van der Waals surface area contributed by atoms with Gasteiger partial charge in [0.05, 0.1) is 0 Å². The molecule has 0 atom stereocenters. The molecule has 4 nitrogen and oxygen atoms in total. The molecule has 11 heavy (non-hydrogen) atoms. The number of carbonyl (C=O) groups is 1. The fourth-order valence-corrected chi connectivity index (χ4v) is 1.59. The smallest absolute Gasteiger partial charge is 0.259 e. The van der Waals surface area contributed by atoms with E-state index in [-0.39, 0.29) is 5.24 Å². The number of amides is 1. The van der Waals surface area contributed by atoms with Crippen molar-refractivity contribution in [1.82, 2.24) is 13.1 Å². The van der Waals surface area contributed by atoms with Gasteiger partial charge in [-0.3, -0.25) is 4.79 Å². The number of thioether (sulfide) groups is 1. The van der Waals surface area contributed by atoms with Crippen LogP contribution in [0.25, 0.3) is 0 Å². The maximum absolute atomic E-state index is 10.9. The van der Waals surface area contributed by atoms with E-state index in [4.69, 9.17) is 0 Å². The minimum Gasteiger partial charge on any atom is -0.259 e. The number of carbonyl (C=O) groups excluding carboxylic acids is 1. The van der Waals surface area contributed by atoms with Gasteiger partial charge in [-0.2, -0.15) is 4.37 Å². The van der Waals surface area contributed by atoms with Crippen LogP contribution in [-0.2, 0) is 0 Å². The maximum atomic E-state index is 10.9. The molecule has 0 saturated carbocycles. The summed E-state index contributed by atoms with van der Waals surface area (Å²) in [6, 6.07) is 0. The molecule has 0 aliphatic heterocycles. The predicted octanol–water partition coefficient (Wildman–Crippen LogP) is 1.74. The second-order valence-corrected chi connectivity index (χ2v) is 4.01. The summed E-state index contributed by atoms with van der Waals surface area (Å²) in [4.78, 5) is 14.7. The molecule has 0 aliphatic rings. The lowest BCUT2D eigenvalue weighted by Crippen LogP contribution is -2.03. The van der Waals surface area contributed by atoms with Crippen LogP contribution in [0.15, 0.2) is 10.7 Å². The third-order valence-corrected chi connectivity index (χ3v) is 2.65. The van der Waals surface area contributed by atoms with E-state index in [1.807, 2.05) is 0 Å². The Bertz CT molecular complexity index is 235. The molecule has 60 valence electrons. The SMILES string of the molecule is O=C(Sc1ncsn1)N(S)S. The number of rotatable bonds is 1. The lowest BCUT2D eigenvalue weighted by molar-refractivity contribution is 0.259. The summed E-state index contributed by atoms with van der Waals surface area (Å²) in [7, 11) is 0. The van der Waals surface area contributed by atoms with Crippen LogP contribution in [0.1, 0.15) is 0 Å². The molecule has 0 fully saturated rings. The van der Waals surface area contributed by atoms with Gasteiger partial charge < -0.3 is 0 Å². The molecule has 0 N–H and O–H groups in total. The third kappa shape index (κ3) is 2.89. The first-order valence-corrected chi connectivity index (χ1v) is 4.81. The number of thiol groups is 2. The van der Waals surface area contributed by atoms with Crippen LogP contribution in [0.2, 0.25) is 0 Å². The highest BCUT2D eigenvalue weighted by molar-refractivity contribution is 8.15. The van der Waals surface area contributed by atoms with Gasteiger partial charge in [-0.05, 0) is 11.5 Å². The van der Waals surface area contributed by atoms with Crippen LogP contribution in [0.3, 0.4) is 0 Å². The number of hydrogen-bond donors (Lipinski definition) is 2. The fourth-order valence-electron chi connectivity index (χ4n) is 0.325. The lowest BCUT2D eigenvalue weighted by Gasteiger charge is -2.02. The number of nitrogens with zero attached hydrogens (tertiary/aromatic N) is 3. The zero-order valence-corrected chi connectivity index (χ0v) is 8.46. The summed E-state index contributed by atoms with van der Waals surface area (Å²) < 4.78 is 4.70. The van der Waals surface area contributed by atoms with E-state index in [0.29, 0.717) is 5.16 Å². The molecule has 1 amide bonds. The highest BCUT2D eigenvalue weighted by Crippen LogP contribution is 2.19. The minimum atomic E-state index is -0.324. The van der Waals surface area contributed by atoms with Crippen LogP contribution >= 0.6 is 48.9 Å². The summed E-state index contributed by atoms with van der Waals surface area (Å²) in [5.74, 6) is 0. The Balaban J connectivity index is 2.50. The van der Waals surface area contributed by atoms with Crippen molar-refractivity contribution in [3.8, 4) is 0 Å². The molecule has 8 heteroatoms. The first kappa shape index (κ1) is 9.17. The zero-order valence-electron chi connectivity index (χ0n) is 5.04. The molecule has 0 aromatic carbocycles. The van der Waals surface area contributed by atoms with Crippen LogP contribution in [0, 0.1) is 0 Å². The van der Waals surface area contributed by atoms with Gasteiger partial charge in [-0.1, -0.05) is 25.6 Å². The highest BCUT2D eigenvalue weighted by atomic mass is 32.2. The molecule has 1 aromatic heterocycles. The van der Waals surface area contributed by atoms with E-state index in [0.717, 1.165) is 15.5 Å². The van der Waals surface area contributed by atoms with E-state index in [2.05, 4.69) is 35.0 Å². The largest absolute Gasteiger partial charge is 0.309 e. The van der Waals surface area contributed by atoms with E-state index in [1.165, 1.54) is 11.5 Å². The Hall–Kier alpha value is 0.0800. The van der Waals surface area contributed by atoms with Crippen molar-refractivity contribution in [3.05, 3.63) is 5.51 Å². The zero-order chi connectivity index (χ0) is 8.27. The molecule has 0 aliphatic carbocycles. The maximum Gasteiger partial charge on any atom is 0.309 e. The molecule has 1 heterocycles. The predicted molar refractivity (Wildman–Crippen MR) is 51.0 cm³/mol. The summed E-state index contributed by atoms with van der Waals surface area (Å²) in [6.07, 6.45) is 0. The molecule has 0 radical (unpaired) electrons. The van der Waals surface area contributed by atoms with Gasteiger partial charge in [0, 0.05) is 11.8 Å². The second-order valence-electron chi connectivity index (χ2n) is 1.37. The van der Waals surface area contributed by atoms with E-state index in [9.17, 15) is 4.79 Å². The van der Waals surface area contributed by atoms with Gasteiger partial charge in [0.15, 0.2) is 0 Å². The van der Waals surface area contributed by atoms with Crippen LogP contribution in [0.4, 0.5) is 4.79 Å². The molecule has 0 bridgehead atoms. The fraction of sp³-hybridized carbons (Fsp3) is 0. The van der Waals surface area contributed by atoms with Gasteiger partial charge in [0.2, 0.25) is 5.16 Å². The minimum absolute atomic E-state index is 0.324. The van der Waals surface area contributed by atoms with Crippen molar-refractivity contribution >= 4 is 54.2 Å². The van der Waals surface area contributed by atoms with Crippen molar-refractivity contribution in [3.63, 3.8) is 0 Å². The Morgan fingerprint density at radius 1 is 1.73 bits per heavy atom. The van der Waals surface area contributed by atoms with Gasteiger partial charge in [0.25, 0.3) is 0 Å². The Kier molecular flexibility index (Phi) is 3.49. The first-order chi connectivity index (χ1) is 5.20. The average molecular weight is 225 g/mol. The Morgan fingerprint density at radius 3 is 2.91 bits per heavy atom. The summed E-state index contributed by atoms with van der Waals surface area (Å²) in [6.45, 7) is 0. The molecule has 0 spiro atoms. The quantitative estimate of drug-likeness (QED) is 0.564. The van der Waals surface area contributed by atoms with Gasteiger partial charge in [-0.15, -0.1) is 0 Å². The van der Waals surface area contributed by atoms with Crippen LogP contribution in [0.5, 0.6) is 0 Å². The first-order valence-electron chi connectivity index (χ1n) is 2.36. The topological polar surface area (TPSA) is 46.1 Å². The summed E-state index contributed by atoms with van der Waals surface area (Å²) in [5, 5.41) is 0.100. The summed E-state index contributed by atoms with van der Waals surface area (Å²) >= 11 is 9.43. The highest BCUT2D eigenvalue weighted by Gasteiger charge is 2.10. The molecule has 0 saturated heterocycles. The Labute approximate surface area is 82.6 Å².